The van der Waals surface area contributed by atoms with Crippen molar-refractivity contribution in [3.63, 3.8) is 0 Å². The van der Waals surface area contributed by atoms with E-state index in [1.807, 2.05) is 0 Å². The van der Waals surface area contributed by atoms with Gasteiger partial charge in [0.1, 0.15) is 11.2 Å². The van der Waals surface area contributed by atoms with Gasteiger partial charge in [0.25, 0.3) is 0 Å². The van der Waals surface area contributed by atoms with E-state index < -0.39 is 72.7 Å². The van der Waals surface area contributed by atoms with Crippen LogP contribution < -0.4 is 30.6 Å². The van der Waals surface area contributed by atoms with Gasteiger partial charge >= 0.3 is 51.2 Å². The maximum Gasteiger partial charge on any atom is 2.00 e. The van der Waals surface area contributed by atoms with Crippen LogP contribution in [-0.4, -0.2) is 57.2 Å². The zero-order valence-corrected chi connectivity index (χ0v) is 17.0. The first kappa shape index (κ1) is 38.0. The fourth-order valence-electron chi connectivity index (χ4n) is 1.37. The SMILES string of the molecule is O=C([O-])CC(O)(CC(=O)[O-])C(=O)[O-].O=C([O-])CC(O)(CC(=O)[O-])C(=O)[O-].[58Fe+2].[58Fe+2].[58Fe+2]. The number of aliphatic hydroxyl groups is 2. The molecule has 0 aromatic carbocycles. The Labute approximate surface area is 193 Å². The smallest absolute Gasteiger partial charge is 0.550 e. The molecule has 0 radical (unpaired) electrons. The normalized spacial score (nSPS) is 9.72. The topological polar surface area (TPSA) is 281 Å². The van der Waals surface area contributed by atoms with Crippen LogP contribution in [0.25, 0.3) is 0 Å². The first-order valence-corrected chi connectivity index (χ1v) is 6.23. The molecule has 0 aliphatic carbocycles. The molecule has 0 aliphatic rings. The molecule has 0 saturated carbocycles. The van der Waals surface area contributed by atoms with Crippen LogP contribution in [0.15, 0.2) is 0 Å². The standard InChI is InChI=1S/2C6H8O7.3Fe/c2*7-3(8)1-6(13,5(11)12)2-4(9)10;;;/h2*13H,1-2H2,(H,7,8)(H,9,10)(H,11,12);;;/q;;3*+2/p-6/i;;3*1+2. The third-order valence-electron chi connectivity index (χ3n) is 2.51. The molecule has 17 heteroatoms. The predicted molar refractivity (Wildman–Crippen MR) is 58.4 cm³/mol. The van der Waals surface area contributed by atoms with E-state index in [0.717, 1.165) is 0 Å². The second-order valence-electron chi connectivity index (χ2n) is 4.83. The number of carboxylic acid groups (broad SMARTS) is 6. The molecule has 0 heterocycles. The minimum Gasteiger partial charge on any atom is -0.550 e. The fraction of sp³-hybridized carbons (Fsp3) is 0.500. The molecule has 0 aliphatic heterocycles. The molecule has 29 heavy (non-hydrogen) atoms. The van der Waals surface area contributed by atoms with Crippen LogP contribution in [0, 0.1) is 0 Å². The van der Waals surface area contributed by atoms with Crippen molar-refractivity contribution in [2.45, 2.75) is 36.9 Å². The summed E-state index contributed by atoms with van der Waals surface area (Å²) < 4.78 is 0. The van der Waals surface area contributed by atoms with Crippen molar-refractivity contribution in [1.29, 1.82) is 0 Å². The van der Waals surface area contributed by atoms with Gasteiger partial charge < -0.3 is 69.6 Å². The first-order chi connectivity index (χ1) is 11.6. The van der Waals surface area contributed by atoms with Gasteiger partial charge in [0.15, 0.2) is 0 Å². The minimum atomic E-state index is -2.97. The summed E-state index contributed by atoms with van der Waals surface area (Å²) in [5, 5.41) is 77.9. The van der Waals surface area contributed by atoms with Crippen molar-refractivity contribution in [1.82, 2.24) is 0 Å². The summed E-state index contributed by atoms with van der Waals surface area (Å²) in [6.07, 6.45) is -5.43. The van der Waals surface area contributed by atoms with Crippen molar-refractivity contribution < 1.29 is 121 Å². The van der Waals surface area contributed by atoms with Gasteiger partial charge in [-0.1, -0.05) is 0 Å². The van der Waals surface area contributed by atoms with E-state index >= 15 is 0 Å². The van der Waals surface area contributed by atoms with Crippen molar-refractivity contribution in [2.24, 2.45) is 0 Å². The number of carbonyl (C=O) groups is 6. The van der Waals surface area contributed by atoms with Gasteiger partial charge in [0.05, 0.1) is 11.9 Å². The number of rotatable bonds is 10. The van der Waals surface area contributed by atoms with Crippen molar-refractivity contribution in [3.05, 3.63) is 0 Å². The van der Waals surface area contributed by atoms with Gasteiger partial charge in [-0.2, -0.15) is 0 Å². The Hall–Kier alpha value is -1.70. The van der Waals surface area contributed by atoms with E-state index in [1.165, 1.54) is 0 Å². The molecule has 0 fully saturated rings. The molecule has 0 rings (SSSR count). The third-order valence-corrected chi connectivity index (χ3v) is 2.51. The van der Waals surface area contributed by atoms with Crippen LogP contribution in [0.2, 0.25) is 0 Å². The molecule has 166 valence electrons. The summed E-state index contributed by atoms with van der Waals surface area (Å²) in [5.74, 6) is -12.0. The first-order valence-electron chi connectivity index (χ1n) is 6.23. The molecule has 2 N–H and O–H groups in total. The monoisotopic (exact) mass is 552 g/mol. The predicted octanol–water partition coefficient (Wildman–Crippen LogP) is -10.5. The molecule has 14 nitrogen and oxygen atoms in total. The quantitative estimate of drug-likeness (QED) is 0.238. The minimum absolute atomic E-state index is 0. The fourth-order valence-corrected chi connectivity index (χ4v) is 1.37. The van der Waals surface area contributed by atoms with E-state index in [2.05, 4.69) is 0 Å². The largest absolute Gasteiger partial charge is 2.00 e. The Bertz CT molecular complexity index is 521. The summed E-state index contributed by atoms with van der Waals surface area (Å²) in [6.45, 7) is 0. The molecule has 0 saturated heterocycles. The zero-order chi connectivity index (χ0) is 21.3. The summed E-state index contributed by atoms with van der Waals surface area (Å²) in [7, 11) is 0. The third kappa shape index (κ3) is 16.9. The number of aliphatic carboxylic acids is 6. The van der Waals surface area contributed by atoms with Gasteiger partial charge in [-0.15, -0.1) is 0 Å². The number of hydrogen-bond acceptors (Lipinski definition) is 14. The van der Waals surface area contributed by atoms with Crippen molar-refractivity contribution >= 4 is 35.8 Å². The molecule has 0 spiro atoms. The molecule has 0 atom stereocenters. The van der Waals surface area contributed by atoms with Gasteiger partial charge in [-0.25, -0.2) is 0 Å². The molecule has 0 aromatic heterocycles. The Morgan fingerprint density at radius 3 is 0.690 bits per heavy atom. The number of carbonyl (C=O) groups excluding carboxylic acids is 6. The van der Waals surface area contributed by atoms with Crippen LogP contribution in [0.5, 0.6) is 0 Å². The van der Waals surface area contributed by atoms with Crippen LogP contribution in [0.3, 0.4) is 0 Å². The molecular weight excluding hydrogens is 542 g/mol. The summed E-state index contributed by atoms with van der Waals surface area (Å²) in [4.78, 5) is 60.0. The van der Waals surface area contributed by atoms with E-state index in [-0.39, 0.29) is 51.2 Å². The van der Waals surface area contributed by atoms with Gasteiger partial charge in [0.2, 0.25) is 0 Å². The van der Waals surface area contributed by atoms with Gasteiger partial charge in [-0.3, -0.25) is 0 Å². The van der Waals surface area contributed by atoms with Crippen LogP contribution in [0.4, 0.5) is 0 Å². The van der Waals surface area contributed by atoms with Crippen LogP contribution in [0.1, 0.15) is 25.7 Å². The second-order valence-corrected chi connectivity index (χ2v) is 4.83. The second kappa shape index (κ2) is 16.1. The van der Waals surface area contributed by atoms with E-state index in [1.54, 1.807) is 0 Å². The molecular formula is C12H10Fe3O14. The Balaban J connectivity index is -0.000000120. The maximum absolute atomic E-state index is 10.1. The summed E-state index contributed by atoms with van der Waals surface area (Å²) in [6, 6.07) is 0. The molecule has 0 aromatic rings. The van der Waals surface area contributed by atoms with Crippen molar-refractivity contribution in [3.8, 4) is 0 Å². The number of carboxylic acids is 6. The van der Waals surface area contributed by atoms with Crippen LogP contribution >= 0.6 is 0 Å². The molecule has 0 unspecified atom stereocenters. The van der Waals surface area contributed by atoms with Gasteiger partial charge in [-0.05, 0) is 0 Å². The van der Waals surface area contributed by atoms with Crippen LogP contribution in [-0.2, 0) is 80.0 Å². The van der Waals surface area contributed by atoms with E-state index in [4.69, 9.17) is 10.2 Å². The van der Waals surface area contributed by atoms with Crippen molar-refractivity contribution in [2.75, 3.05) is 0 Å². The summed E-state index contributed by atoms with van der Waals surface area (Å²) >= 11 is 0. The number of hydrogen-bond donors (Lipinski definition) is 2. The summed E-state index contributed by atoms with van der Waals surface area (Å²) in [5.41, 5.74) is -5.95. The Morgan fingerprint density at radius 2 is 0.621 bits per heavy atom. The zero-order valence-electron chi connectivity index (χ0n) is 13.7. The Kier molecular flexibility index (Phi) is 21.1. The van der Waals surface area contributed by atoms with Gasteiger partial charge in [0, 0.05) is 49.6 Å². The van der Waals surface area contributed by atoms with E-state index in [0.29, 0.717) is 0 Å². The average Bonchev–Trinajstić information content (AvgIpc) is 2.34. The van der Waals surface area contributed by atoms with E-state index in [9.17, 15) is 59.4 Å². The molecule has 0 amide bonds. The molecule has 0 bridgehead atoms. The average molecular weight is 552 g/mol. The maximum atomic E-state index is 10.1. The Morgan fingerprint density at radius 1 is 0.483 bits per heavy atom.